The van der Waals surface area contributed by atoms with Gasteiger partial charge in [-0.2, -0.15) is 0 Å². The monoisotopic (exact) mass is 309 g/mol. The molecule has 0 radical (unpaired) electrons. The average Bonchev–Trinajstić information content (AvgIpc) is 2.40. The van der Waals surface area contributed by atoms with Crippen LogP contribution in [0.1, 0.15) is 29.3 Å². The van der Waals surface area contributed by atoms with Crippen molar-refractivity contribution in [2.45, 2.75) is 25.9 Å². The Kier molecular flexibility index (Phi) is 5.90. The van der Waals surface area contributed by atoms with Crippen molar-refractivity contribution in [1.29, 1.82) is 0 Å². The van der Waals surface area contributed by atoms with E-state index in [2.05, 4.69) is 31.9 Å². The van der Waals surface area contributed by atoms with Crippen LogP contribution in [0.2, 0.25) is 0 Å². The molecule has 1 N–H and O–H groups in total. The summed E-state index contributed by atoms with van der Waals surface area (Å²) < 4.78 is 5.53. The van der Waals surface area contributed by atoms with Gasteiger partial charge in [0, 0.05) is 11.0 Å². The second-order valence-corrected chi connectivity index (χ2v) is 4.66. The van der Waals surface area contributed by atoms with E-state index in [4.69, 9.17) is 6.42 Å². The number of esters is 1. The third-order valence-corrected chi connectivity index (χ3v) is 3.36. The molecule has 1 rings (SSSR count). The van der Waals surface area contributed by atoms with Gasteiger partial charge >= 0.3 is 5.97 Å². The van der Waals surface area contributed by atoms with E-state index in [1.54, 1.807) is 12.1 Å². The number of methoxy groups -OCH3 is 1. The summed E-state index contributed by atoms with van der Waals surface area (Å²) in [6.07, 6.45) is 6.27. The van der Waals surface area contributed by atoms with Gasteiger partial charge in [-0.25, -0.2) is 4.79 Å². The van der Waals surface area contributed by atoms with Crippen LogP contribution in [0.25, 0.3) is 0 Å². The number of carbonyl (C=O) groups is 1. The number of rotatable bonds is 5. The van der Waals surface area contributed by atoms with Gasteiger partial charge in [0.15, 0.2) is 0 Å². The Balaban J connectivity index is 2.74. The van der Waals surface area contributed by atoms with E-state index in [1.165, 1.54) is 7.11 Å². The number of nitrogens with one attached hydrogen (secondary N) is 1. The minimum absolute atomic E-state index is 0.0668. The van der Waals surface area contributed by atoms with Gasteiger partial charge in [-0.05, 0) is 24.1 Å². The van der Waals surface area contributed by atoms with E-state index in [0.29, 0.717) is 12.1 Å². The number of halogens is 1. The highest BCUT2D eigenvalue weighted by molar-refractivity contribution is 9.10. The van der Waals surface area contributed by atoms with Crippen LogP contribution in [0.3, 0.4) is 0 Å². The molecule has 1 unspecified atom stereocenters. The number of terminal acetylenes is 1. The zero-order chi connectivity index (χ0) is 13.5. The minimum Gasteiger partial charge on any atom is -0.465 e. The molecule has 0 aliphatic carbocycles. The van der Waals surface area contributed by atoms with Crippen molar-refractivity contribution in [2.75, 3.05) is 7.11 Å². The summed E-state index contributed by atoms with van der Waals surface area (Å²) in [6.45, 7) is 2.69. The fourth-order valence-electron chi connectivity index (χ4n) is 1.49. The second-order valence-electron chi connectivity index (χ2n) is 3.81. The highest BCUT2D eigenvalue weighted by atomic mass is 79.9. The van der Waals surface area contributed by atoms with Crippen LogP contribution in [0, 0.1) is 12.3 Å². The molecule has 0 spiro atoms. The van der Waals surface area contributed by atoms with Gasteiger partial charge in [0.1, 0.15) is 0 Å². The highest BCUT2D eigenvalue weighted by Crippen LogP contribution is 2.19. The van der Waals surface area contributed by atoms with E-state index in [-0.39, 0.29) is 12.0 Å². The van der Waals surface area contributed by atoms with Crippen molar-refractivity contribution in [3.8, 4) is 12.3 Å². The zero-order valence-corrected chi connectivity index (χ0v) is 12.1. The summed E-state index contributed by atoms with van der Waals surface area (Å²) in [7, 11) is 1.37. The maximum Gasteiger partial charge on any atom is 0.337 e. The predicted octanol–water partition coefficient (Wildman–Crippen LogP) is 2.74. The summed E-state index contributed by atoms with van der Waals surface area (Å²) in [5, 5.41) is 3.26. The SMILES string of the molecule is C#CC(CC)NCc1ccc(C(=O)OC)cc1Br. The van der Waals surface area contributed by atoms with Crippen molar-refractivity contribution in [3.63, 3.8) is 0 Å². The van der Waals surface area contributed by atoms with Crippen LogP contribution in [-0.4, -0.2) is 19.1 Å². The molecule has 0 fully saturated rings. The standard InChI is InChI=1S/C14H16BrNO2/c1-4-12(5-2)16-9-11-7-6-10(8-13(11)15)14(17)18-3/h1,6-8,12,16H,5,9H2,2-3H3. The molecule has 0 saturated carbocycles. The molecule has 3 nitrogen and oxygen atoms in total. The third kappa shape index (κ3) is 3.86. The number of hydrogen-bond acceptors (Lipinski definition) is 3. The molecule has 0 bridgehead atoms. The molecule has 1 atom stereocenters. The number of hydrogen-bond donors (Lipinski definition) is 1. The van der Waals surface area contributed by atoms with Gasteiger partial charge in [-0.1, -0.05) is 34.8 Å². The van der Waals surface area contributed by atoms with Gasteiger partial charge in [-0.15, -0.1) is 6.42 Å². The second kappa shape index (κ2) is 7.20. The molecule has 0 heterocycles. The van der Waals surface area contributed by atoms with Crippen LogP contribution in [-0.2, 0) is 11.3 Å². The molecule has 0 amide bonds. The normalized spacial score (nSPS) is 11.7. The Morgan fingerprint density at radius 3 is 2.83 bits per heavy atom. The third-order valence-electron chi connectivity index (χ3n) is 2.62. The van der Waals surface area contributed by atoms with Crippen LogP contribution >= 0.6 is 15.9 Å². The Morgan fingerprint density at radius 1 is 1.61 bits per heavy atom. The first-order valence-electron chi connectivity index (χ1n) is 5.68. The van der Waals surface area contributed by atoms with Gasteiger partial charge in [0.05, 0.1) is 18.7 Å². The van der Waals surface area contributed by atoms with Gasteiger partial charge < -0.3 is 4.74 Å². The predicted molar refractivity (Wildman–Crippen MR) is 75.2 cm³/mol. The van der Waals surface area contributed by atoms with Crippen molar-refractivity contribution >= 4 is 21.9 Å². The van der Waals surface area contributed by atoms with Crippen LogP contribution in [0.15, 0.2) is 22.7 Å². The van der Waals surface area contributed by atoms with Gasteiger partial charge in [0.2, 0.25) is 0 Å². The molecule has 0 aromatic heterocycles. The van der Waals surface area contributed by atoms with Crippen LogP contribution < -0.4 is 5.32 Å². The first kappa shape index (κ1) is 14.7. The molecule has 0 aliphatic rings. The lowest BCUT2D eigenvalue weighted by Crippen LogP contribution is -2.26. The van der Waals surface area contributed by atoms with E-state index >= 15 is 0 Å². The van der Waals surface area contributed by atoms with Gasteiger partial charge in [0.25, 0.3) is 0 Å². The van der Waals surface area contributed by atoms with Crippen LogP contribution in [0.5, 0.6) is 0 Å². The number of carbonyl (C=O) groups excluding carboxylic acids is 1. The van der Waals surface area contributed by atoms with Crippen molar-refractivity contribution in [2.24, 2.45) is 0 Å². The topological polar surface area (TPSA) is 38.3 Å². The summed E-state index contributed by atoms with van der Waals surface area (Å²) in [5.41, 5.74) is 1.58. The van der Waals surface area contributed by atoms with Crippen molar-refractivity contribution in [3.05, 3.63) is 33.8 Å². The number of benzene rings is 1. The lowest BCUT2D eigenvalue weighted by atomic mass is 10.1. The van der Waals surface area contributed by atoms with E-state index in [9.17, 15) is 4.79 Å². The Morgan fingerprint density at radius 2 is 2.33 bits per heavy atom. The number of ether oxygens (including phenoxy) is 1. The lowest BCUT2D eigenvalue weighted by Gasteiger charge is -2.12. The summed E-state index contributed by atoms with van der Waals surface area (Å²) in [5.74, 6) is 2.34. The molecule has 0 aliphatic heterocycles. The molecule has 1 aromatic rings. The maximum atomic E-state index is 11.4. The first-order valence-corrected chi connectivity index (χ1v) is 6.47. The quantitative estimate of drug-likeness (QED) is 0.671. The Hall–Kier alpha value is -1.31. The van der Waals surface area contributed by atoms with Crippen molar-refractivity contribution in [1.82, 2.24) is 5.32 Å². The molecule has 1 aromatic carbocycles. The molecular weight excluding hydrogens is 294 g/mol. The summed E-state index contributed by atoms with van der Waals surface area (Å²) >= 11 is 3.44. The van der Waals surface area contributed by atoms with Gasteiger partial charge in [-0.3, -0.25) is 5.32 Å². The van der Waals surface area contributed by atoms with E-state index in [0.717, 1.165) is 16.5 Å². The largest absolute Gasteiger partial charge is 0.465 e. The minimum atomic E-state index is -0.342. The molecule has 96 valence electrons. The fraction of sp³-hybridized carbons (Fsp3) is 0.357. The highest BCUT2D eigenvalue weighted by Gasteiger charge is 2.09. The average molecular weight is 310 g/mol. The van der Waals surface area contributed by atoms with E-state index < -0.39 is 0 Å². The molecule has 18 heavy (non-hydrogen) atoms. The smallest absolute Gasteiger partial charge is 0.337 e. The summed E-state index contributed by atoms with van der Waals surface area (Å²) in [4.78, 5) is 11.4. The fourth-order valence-corrected chi connectivity index (χ4v) is 2.01. The molecular formula is C14H16BrNO2. The van der Waals surface area contributed by atoms with Crippen LogP contribution in [0.4, 0.5) is 0 Å². The van der Waals surface area contributed by atoms with E-state index in [1.807, 2.05) is 13.0 Å². The Labute approximate surface area is 116 Å². The molecule has 0 saturated heterocycles. The van der Waals surface area contributed by atoms with Crippen molar-refractivity contribution < 1.29 is 9.53 Å². The lowest BCUT2D eigenvalue weighted by molar-refractivity contribution is 0.0600. The maximum absolute atomic E-state index is 11.4. The zero-order valence-electron chi connectivity index (χ0n) is 10.5. The first-order chi connectivity index (χ1) is 8.62. The molecule has 4 heteroatoms. The Bertz CT molecular complexity index is 465. The summed E-state index contributed by atoms with van der Waals surface area (Å²) in [6, 6.07) is 5.44.